The van der Waals surface area contributed by atoms with Gasteiger partial charge in [0.25, 0.3) is 0 Å². The second-order valence-electron chi connectivity index (χ2n) is 5.88. The average Bonchev–Trinajstić information content (AvgIpc) is 2.71. The van der Waals surface area contributed by atoms with E-state index in [-0.39, 0.29) is 11.4 Å². The van der Waals surface area contributed by atoms with Gasteiger partial charge in [-0.05, 0) is 30.3 Å². The molecule has 0 aliphatic rings. The number of benzene rings is 1. The molecule has 5 nitrogen and oxygen atoms in total. The summed E-state index contributed by atoms with van der Waals surface area (Å²) in [6.45, 7) is -1.49. The highest BCUT2D eigenvalue weighted by atomic mass is 19.4. The van der Waals surface area contributed by atoms with Gasteiger partial charge in [0.2, 0.25) is 5.88 Å². The van der Waals surface area contributed by atoms with Crippen molar-refractivity contribution in [3.8, 4) is 5.88 Å². The summed E-state index contributed by atoms with van der Waals surface area (Å²) in [4.78, 5) is 20.3. The monoisotopic (exact) mass is 406 g/mol. The lowest BCUT2D eigenvalue weighted by Gasteiger charge is -2.18. The third-order valence-electron chi connectivity index (χ3n) is 3.69. The standard InChI is InChI=1S/C20H14F4N2O3/c21-15-5-3-4-13(10-15)18(16-6-1-2-9-25-16)29-19(27)14-7-8-17(26-11-14)28-12-20(22,23)24/h1-11,18H,12H2. The van der Waals surface area contributed by atoms with Crippen LogP contribution in [0.4, 0.5) is 17.6 Å². The number of esters is 1. The topological polar surface area (TPSA) is 61.3 Å². The summed E-state index contributed by atoms with van der Waals surface area (Å²) < 4.78 is 60.2. The molecule has 0 fully saturated rings. The van der Waals surface area contributed by atoms with E-state index in [4.69, 9.17) is 4.74 Å². The van der Waals surface area contributed by atoms with Crippen LogP contribution < -0.4 is 4.74 Å². The smallest absolute Gasteiger partial charge is 0.422 e. The van der Waals surface area contributed by atoms with E-state index >= 15 is 0 Å². The number of hydrogen-bond acceptors (Lipinski definition) is 5. The van der Waals surface area contributed by atoms with Crippen LogP contribution in [-0.4, -0.2) is 28.7 Å². The first-order valence-electron chi connectivity index (χ1n) is 8.35. The normalized spacial score (nSPS) is 12.3. The predicted octanol–water partition coefficient (Wildman–Crippen LogP) is 4.50. The van der Waals surface area contributed by atoms with Gasteiger partial charge in [0.1, 0.15) is 5.82 Å². The van der Waals surface area contributed by atoms with Gasteiger partial charge in [-0.25, -0.2) is 14.2 Å². The highest BCUT2D eigenvalue weighted by Gasteiger charge is 2.28. The quantitative estimate of drug-likeness (QED) is 0.446. The van der Waals surface area contributed by atoms with Crippen LogP contribution in [0.5, 0.6) is 5.88 Å². The van der Waals surface area contributed by atoms with Gasteiger partial charge >= 0.3 is 12.1 Å². The minimum Gasteiger partial charge on any atom is -0.468 e. The van der Waals surface area contributed by atoms with Gasteiger partial charge < -0.3 is 9.47 Å². The predicted molar refractivity (Wildman–Crippen MR) is 93.7 cm³/mol. The molecule has 150 valence electrons. The van der Waals surface area contributed by atoms with Gasteiger partial charge in [-0.1, -0.05) is 18.2 Å². The van der Waals surface area contributed by atoms with Crippen LogP contribution in [0.15, 0.2) is 67.0 Å². The van der Waals surface area contributed by atoms with Crippen LogP contribution in [0, 0.1) is 5.82 Å². The molecule has 0 saturated heterocycles. The lowest BCUT2D eigenvalue weighted by Crippen LogP contribution is -2.19. The Morgan fingerprint density at radius 1 is 1.03 bits per heavy atom. The van der Waals surface area contributed by atoms with E-state index in [0.717, 1.165) is 12.3 Å². The maximum atomic E-state index is 13.6. The molecule has 3 aromatic rings. The Morgan fingerprint density at radius 3 is 2.48 bits per heavy atom. The molecule has 0 radical (unpaired) electrons. The molecule has 0 spiro atoms. The second-order valence-corrected chi connectivity index (χ2v) is 5.88. The number of carbonyl (C=O) groups is 1. The molecule has 0 amide bonds. The summed E-state index contributed by atoms with van der Waals surface area (Å²) in [6, 6.07) is 12.9. The van der Waals surface area contributed by atoms with Crippen LogP contribution in [0.25, 0.3) is 0 Å². The first-order chi connectivity index (χ1) is 13.8. The van der Waals surface area contributed by atoms with Crippen LogP contribution in [-0.2, 0) is 4.74 Å². The molecule has 3 rings (SSSR count). The minimum absolute atomic E-state index is 0.0123. The van der Waals surface area contributed by atoms with Crippen molar-refractivity contribution in [2.75, 3.05) is 6.61 Å². The molecule has 0 aliphatic carbocycles. The number of carbonyl (C=O) groups excluding carboxylic acids is 1. The van der Waals surface area contributed by atoms with Crippen molar-refractivity contribution in [1.29, 1.82) is 0 Å². The van der Waals surface area contributed by atoms with Crippen LogP contribution in [0.1, 0.15) is 27.7 Å². The van der Waals surface area contributed by atoms with Gasteiger partial charge in [0, 0.05) is 24.0 Å². The number of pyridine rings is 2. The molecule has 1 aromatic carbocycles. The maximum absolute atomic E-state index is 13.6. The fourth-order valence-electron chi connectivity index (χ4n) is 2.42. The van der Waals surface area contributed by atoms with E-state index in [0.29, 0.717) is 11.3 Å². The number of nitrogens with zero attached hydrogens (tertiary/aromatic N) is 2. The number of hydrogen-bond donors (Lipinski definition) is 0. The molecular weight excluding hydrogens is 392 g/mol. The maximum Gasteiger partial charge on any atom is 0.422 e. The Kier molecular flexibility index (Phi) is 6.06. The number of ether oxygens (including phenoxy) is 2. The summed E-state index contributed by atoms with van der Waals surface area (Å²) >= 11 is 0. The largest absolute Gasteiger partial charge is 0.468 e. The minimum atomic E-state index is -4.50. The van der Waals surface area contributed by atoms with Crippen LogP contribution in [0.2, 0.25) is 0 Å². The van der Waals surface area contributed by atoms with Gasteiger partial charge in [0.15, 0.2) is 12.7 Å². The lowest BCUT2D eigenvalue weighted by molar-refractivity contribution is -0.154. The molecule has 0 bridgehead atoms. The molecule has 2 aromatic heterocycles. The first kappa shape index (κ1) is 20.2. The first-order valence-corrected chi connectivity index (χ1v) is 8.35. The average molecular weight is 406 g/mol. The Hall–Kier alpha value is -3.49. The van der Waals surface area contributed by atoms with E-state index in [2.05, 4.69) is 14.7 Å². The molecule has 1 atom stereocenters. The van der Waals surface area contributed by atoms with Gasteiger partial charge in [-0.3, -0.25) is 4.98 Å². The van der Waals surface area contributed by atoms with Crippen molar-refractivity contribution in [3.05, 3.63) is 89.6 Å². The van der Waals surface area contributed by atoms with Gasteiger partial charge in [0.05, 0.1) is 11.3 Å². The van der Waals surface area contributed by atoms with Crippen molar-refractivity contribution in [3.63, 3.8) is 0 Å². The van der Waals surface area contributed by atoms with Crippen molar-refractivity contribution in [2.45, 2.75) is 12.3 Å². The summed E-state index contributed by atoms with van der Waals surface area (Å²) in [6.07, 6.45) is -2.94. The summed E-state index contributed by atoms with van der Waals surface area (Å²) in [7, 11) is 0. The van der Waals surface area contributed by atoms with Gasteiger partial charge in [-0.15, -0.1) is 0 Å². The highest BCUT2D eigenvalue weighted by molar-refractivity contribution is 5.89. The van der Waals surface area contributed by atoms with Crippen molar-refractivity contribution in [2.24, 2.45) is 0 Å². The fraction of sp³-hybridized carbons (Fsp3) is 0.150. The van der Waals surface area contributed by atoms with Crippen molar-refractivity contribution in [1.82, 2.24) is 9.97 Å². The van der Waals surface area contributed by atoms with E-state index in [1.54, 1.807) is 24.3 Å². The molecule has 29 heavy (non-hydrogen) atoms. The Labute approximate surface area is 162 Å². The lowest BCUT2D eigenvalue weighted by atomic mass is 10.1. The molecule has 0 saturated carbocycles. The zero-order chi connectivity index (χ0) is 20.9. The zero-order valence-corrected chi connectivity index (χ0v) is 14.8. The number of aromatic nitrogens is 2. The molecule has 9 heteroatoms. The van der Waals surface area contributed by atoms with E-state index in [1.165, 1.54) is 30.5 Å². The Balaban J connectivity index is 1.78. The Morgan fingerprint density at radius 2 is 1.86 bits per heavy atom. The van der Waals surface area contributed by atoms with E-state index in [9.17, 15) is 22.4 Å². The summed E-state index contributed by atoms with van der Waals surface area (Å²) in [5.41, 5.74) is 0.737. The number of alkyl halides is 3. The third kappa shape index (κ3) is 5.74. The van der Waals surface area contributed by atoms with E-state index < -0.39 is 30.7 Å². The number of rotatable bonds is 6. The molecule has 0 N–H and O–H groups in total. The molecule has 2 heterocycles. The summed E-state index contributed by atoms with van der Waals surface area (Å²) in [5.74, 6) is -1.60. The summed E-state index contributed by atoms with van der Waals surface area (Å²) in [5, 5.41) is 0. The fourth-order valence-corrected chi connectivity index (χ4v) is 2.42. The second kappa shape index (κ2) is 8.68. The van der Waals surface area contributed by atoms with Gasteiger partial charge in [-0.2, -0.15) is 13.2 Å². The molecule has 0 aliphatic heterocycles. The van der Waals surface area contributed by atoms with Crippen molar-refractivity contribution >= 4 is 5.97 Å². The SMILES string of the molecule is O=C(OC(c1cccc(F)c1)c1ccccn1)c1ccc(OCC(F)(F)F)nc1. The highest BCUT2D eigenvalue weighted by Crippen LogP contribution is 2.26. The number of halogens is 4. The van der Waals surface area contributed by atoms with Crippen LogP contribution in [0.3, 0.4) is 0 Å². The molecular formula is C20H14F4N2O3. The zero-order valence-electron chi connectivity index (χ0n) is 14.8. The van der Waals surface area contributed by atoms with E-state index in [1.807, 2.05) is 0 Å². The molecule has 1 unspecified atom stereocenters. The van der Waals surface area contributed by atoms with Crippen molar-refractivity contribution < 1.29 is 31.8 Å². The third-order valence-corrected chi connectivity index (χ3v) is 3.69. The van der Waals surface area contributed by atoms with Crippen LogP contribution >= 0.6 is 0 Å². The Bertz CT molecular complexity index is 963.